The van der Waals surface area contributed by atoms with Gasteiger partial charge in [0.25, 0.3) is 0 Å². The average Bonchev–Trinajstić information content (AvgIpc) is 2.80. The number of hydrogen-bond acceptors (Lipinski definition) is 0. The van der Waals surface area contributed by atoms with Crippen LogP contribution in [0.5, 0.6) is 0 Å². The summed E-state index contributed by atoms with van der Waals surface area (Å²) in [5.41, 5.74) is 0.463. The third-order valence-corrected chi connectivity index (χ3v) is 8.31. The van der Waals surface area contributed by atoms with Gasteiger partial charge in [0.15, 0.2) is 0 Å². The molecule has 0 saturated heterocycles. The van der Waals surface area contributed by atoms with E-state index in [-0.39, 0.29) is 6.42 Å². The van der Waals surface area contributed by atoms with E-state index in [1.54, 1.807) is 12.1 Å². The lowest BCUT2D eigenvalue weighted by atomic mass is 9.68. The normalized spacial score (nSPS) is 27.4. The Hall–Kier alpha value is -1.06. The molecule has 0 aliphatic heterocycles. The Morgan fingerprint density at radius 1 is 0.719 bits per heavy atom. The van der Waals surface area contributed by atoms with Crippen molar-refractivity contribution in [3.8, 4) is 0 Å². The lowest BCUT2D eigenvalue weighted by molar-refractivity contribution is -0.219. The van der Waals surface area contributed by atoms with Gasteiger partial charge >= 0.3 is 11.8 Å². The van der Waals surface area contributed by atoms with Gasteiger partial charge in [0, 0.05) is 12.0 Å². The van der Waals surface area contributed by atoms with E-state index in [0.29, 0.717) is 5.92 Å². The number of halogens is 4. The average molecular weight is 455 g/mol. The molecule has 2 aliphatic carbocycles. The monoisotopic (exact) mass is 454 g/mol. The molecule has 0 aromatic heterocycles. The summed E-state index contributed by atoms with van der Waals surface area (Å²) >= 11 is 0. The first kappa shape index (κ1) is 25.6. The van der Waals surface area contributed by atoms with Crippen molar-refractivity contribution < 1.29 is 17.6 Å². The minimum Gasteiger partial charge on any atom is -0.199 e. The molecule has 1 aromatic carbocycles. The Kier molecular flexibility index (Phi) is 9.09. The molecule has 0 amide bonds. The van der Waals surface area contributed by atoms with Gasteiger partial charge in [-0.15, -0.1) is 0 Å². The molecule has 0 N–H and O–H groups in total. The molecule has 4 heteroatoms. The Balaban J connectivity index is 1.48. The first-order valence-electron chi connectivity index (χ1n) is 13.1. The molecule has 0 heterocycles. The van der Waals surface area contributed by atoms with Crippen LogP contribution in [-0.4, -0.2) is 5.92 Å². The lowest BCUT2D eigenvalue weighted by Crippen LogP contribution is -2.37. The van der Waals surface area contributed by atoms with E-state index >= 15 is 0 Å². The van der Waals surface area contributed by atoms with E-state index in [1.165, 1.54) is 83.3 Å². The summed E-state index contributed by atoms with van der Waals surface area (Å²) in [6.07, 6.45) is 14.8. The standard InChI is InChI=1S/C28H42F4/c1-3-5-6-7-21-8-10-22(11-9-21)23-12-14-24(15-13-23)25-16-18-26(19-17-25)28(31,32)27(29,30)20-4-2/h16-19,21-24H,3-15,20H2,1-2H3. The predicted octanol–water partition coefficient (Wildman–Crippen LogP) is 9.87. The van der Waals surface area contributed by atoms with E-state index in [1.807, 2.05) is 0 Å². The van der Waals surface area contributed by atoms with Crippen LogP contribution < -0.4 is 0 Å². The fraction of sp³-hybridized carbons (Fsp3) is 0.786. The molecule has 0 bridgehead atoms. The molecule has 2 aliphatic rings. The molecule has 3 rings (SSSR count). The minimum atomic E-state index is -4.12. The highest BCUT2D eigenvalue weighted by atomic mass is 19.3. The molecule has 0 nitrogen and oxygen atoms in total. The quantitative estimate of drug-likeness (QED) is 0.244. The summed E-state index contributed by atoms with van der Waals surface area (Å²) in [5.74, 6) is -5.14. The smallest absolute Gasteiger partial charge is 0.199 e. The molecular weight excluding hydrogens is 412 g/mol. The van der Waals surface area contributed by atoms with Crippen molar-refractivity contribution in [1.29, 1.82) is 0 Å². The van der Waals surface area contributed by atoms with Crippen LogP contribution in [0.3, 0.4) is 0 Å². The third-order valence-electron chi connectivity index (χ3n) is 8.31. The second-order valence-electron chi connectivity index (χ2n) is 10.5. The van der Waals surface area contributed by atoms with Gasteiger partial charge in [0.1, 0.15) is 0 Å². The summed E-state index contributed by atoms with van der Waals surface area (Å²) in [4.78, 5) is 0. The van der Waals surface area contributed by atoms with E-state index in [2.05, 4.69) is 6.92 Å². The summed E-state index contributed by atoms with van der Waals surface area (Å²) in [6.45, 7) is 3.77. The van der Waals surface area contributed by atoms with E-state index < -0.39 is 23.8 Å². The molecule has 182 valence electrons. The highest BCUT2D eigenvalue weighted by Gasteiger charge is 2.56. The molecule has 2 saturated carbocycles. The molecule has 32 heavy (non-hydrogen) atoms. The van der Waals surface area contributed by atoms with Crippen molar-refractivity contribution in [2.24, 2.45) is 17.8 Å². The maximum atomic E-state index is 14.3. The number of hydrogen-bond donors (Lipinski definition) is 0. The molecule has 0 unspecified atom stereocenters. The Bertz CT molecular complexity index is 665. The van der Waals surface area contributed by atoms with Crippen molar-refractivity contribution in [1.82, 2.24) is 0 Å². The van der Waals surface area contributed by atoms with Crippen molar-refractivity contribution >= 4 is 0 Å². The number of unbranched alkanes of at least 4 members (excludes halogenated alkanes) is 2. The van der Waals surface area contributed by atoms with Crippen LogP contribution in [0.4, 0.5) is 17.6 Å². The van der Waals surface area contributed by atoms with Gasteiger partial charge in [-0.2, -0.15) is 17.6 Å². The summed E-state index contributed by atoms with van der Waals surface area (Å²) in [5, 5.41) is 0. The van der Waals surface area contributed by atoms with Crippen LogP contribution in [0.25, 0.3) is 0 Å². The Labute approximate surface area is 192 Å². The highest BCUT2D eigenvalue weighted by molar-refractivity contribution is 5.29. The molecule has 2 fully saturated rings. The minimum absolute atomic E-state index is 0.0322. The van der Waals surface area contributed by atoms with Crippen LogP contribution >= 0.6 is 0 Å². The SMILES string of the molecule is CCCCCC1CCC(C2CCC(c3ccc(C(F)(F)C(F)(F)CCC)cc3)CC2)CC1. The number of rotatable bonds is 10. The van der Waals surface area contributed by atoms with Crippen LogP contribution in [0.15, 0.2) is 24.3 Å². The first-order valence-corrected chi connectivity index (χ1v) is 13.1. The second-order valence-corrected chi connectivity index (χ2v) is 10.5. The summed E-state index contributed by atoms with van der Waals surface area (Å²) in [6, 6.07) is 5.78. The van der Waals surface area contributed by atoms with Gasteiger partial charge in [-0.05, 0) is 67.8 Å². The lowest BCUT2D eigenvalue weighted by Gasteiger charge is -2.38. The largest absolute Gasteiger partial charge is 0.335 e. The molecule has 0 spiro atoms. The van der Waals surface area contributed by atoms with Crippen molar-refractivity contribution in [2.45, 2.75) is 122 Å². The highest BCUT2D eigenvalue weighted by Crippen LogP contribution is 2.47. The zero-order chi connectivity index (χ0) is 23.2. The van der Waals surface area contributed by atoms with E-state index in [4.69, 9.17) is 0 Å². The Morgan fingerprint density at radius 2 is 1.28 bits per heavy atom. The van der Waals surface area contributed by atoms with Gasteiger partial charge in [0.05, 0.1) is 0 Å². The number of benzene rings is 1. The maximum absolute atomic E-state index is 14.3. The van der Waals surface area contributed by atoms with Crippen LogP contribution in [0.1, 0.15) is 121 Å². The van der Waals surface area contributed by atoms with Crippen LogP contribution in [0.2, 0.25) is 0 Å². The first-order chi connectivity index (χ1) is 15.3. The van der Waals surface area contributed by atoms with Gasteiger partial charge < -0.3 is 0 Å². The fourth-order valence-electron chi connectivity index (χ4n) is 6.20. The zero-order valence-electron chi connectivity index (χ0n) is 20.0. The van der Waals surface area contributed by atoms with Crippen molar-refractivity contribution in [3.63, 3.8) is 0 Å². The van der Waals surface area contributed by atoms with Crippen molar-refractivity contribution in [3.05, 3.63) is 35.4 Å². The second kappa shape index (κ2) is 11.4. The molecular formula is C28H42F4. The summed E-state index contributed by atoms with van der Waals surface area (Å²) < 4.78 is 56.5. The van der Waals surface area contributed by atoms with E-state index in [0.717, 1.165) is 36.2 Å². The summed E-state index contributed by atoms with van der Waals surface area (Å²) in [7, 11) is 0. The topological polar surface area (TPSA) is 0 Å². The van der Waals surface area contributed by atoms with Gasteiger partial charge in [0.2, 0.25) is 0 Å². The molecule has 0 atom stereocenters. The van der Waals surface area contributed by atoms with Gasteiger partial charge in [-0.3, -0.25) is 0 Å². The van der Waals surface area contributed by atoms with E-state index in [9.17, 15) is 17.6 Å². The zero-order valence-corrected chi connectivity index (χ0v) is 20.0. The molecule has 1 aromatic rings. The van der Waals surface area contributed by atoms with Gasteiger partial charge in [-0.1, -0.05) is 83.1 Å². The number of alkyl halides is 4. The van der Waals surface area contributed by atoms with Crippen molar-refractivity contribution in [2.75, 3.05) is 0 Å². The van der Waals surface area contributed by atoms with Crippen LogP contribution in [0, 0.1) is 17.8 Å². The van der Waals surface area contributed by atoms with Gasteiger partial charge in [-0.25, -0.2) is 0 Å². The Morgan fingerprint density at radius 3 is 1.81 bits per heavy atom. The third kappa shape index (κ3) is 6.08. The maximum Gasteiger partial charge on any atom is 0.335 e. The fourth-order valence-corrected chi connectivity index (χ4v) is 6.20. The molecule has 0 radical (unpaired) electrons. The van der Waals surface area contributed by atoms with Crippen LogP contribution in [-0.2, 0) is 5.92 Å². The predicted molar refractivity (Wildman–Crippen MR) is 124 cm³/mol.